The molecule has 0 fully saturated rings. The minimum Gasteiger partial charge on any atom is -0.549 e. The maximum Gasteiger partial charge on any atom is 1.00 e. The largest absolute Gasteiger partial charge is 1.00 e. The maximum absolute atomic E-state index is 11.9. The maximum atomic E-state index is 11.9. The molecule has 1 aromatic carbocycles. The number of carbonyl (C=O) groups excluding carboxylic acids is 4. The van der Waals surface area contributed by atoms with Crippen molar-refractivity contribution in [3.8, 4) is 11.5 Å². The van der Waals surface area contributed by atoms with Gasteiger partial charge in [-0.1, -0.05) is 0 Å². The molecular formula is C24H31N3Na4O14. The predicted molar refractivity (Wildman–Crippen MR) is 128 cm³/mol. The van der Waals surface area contributed by atoms with Crippen LogP contribution in [-0.4, -0.2) is 111 Å². The molecule has 3 atom stereocenters. The molecular weight excluding hydrogens is 646 g/mol. The zero-order valence-electron chi connectivity index (χ0n) is 26.9. The van der Waals surface area contributed by atoms with Crippen LogP contribution >= 0.6 is 0 Å². The van der Waals surface area contributed by atoms with E-state index in [1.54, 1.807) is 0 Å². The Morgan fingerprint density at radius 3 is 1.71 bits per heavy atom. The van der Waals surface area contributed by atoms with Crippen molar-refractivity contribution >= 4 is 29.6 Å². The molecule has 0 amide bonds. The summed E-state index contributed by atoms with van der Waals surface area (Å²) < 4.78 is 21.2. The van der Waals surface area contributed by atoms with Gasteiger partial charge in [0.2, 0.25) is 0 Å². The second kappa shape index (κ2) is 26.8. The molecule has 0 saturated heterocycles. The number of carbonyl (C=O) groups is 4. The van der Waals surface area contributed by atoms with E-state index >= 15 is 0 Å². The first-order valence-electron chi connectivity index (χ1n) is 12.1. The van der Waals surface area contributed by atoms with E-state index in [0.29, 0.717) is 0 Å². The van der Waals surface area contributed by atoms with Crippen LogP contribution in [-0.2, 0) is 28.7 Å². The number of nitrogens with zero attached hydrogens (tertiary/aromatic N) is 3. The molecule has 45 heavy (non-hydrogen) atoms. The van der Waals surface area contributed by atoms with Crippen LogP contribution in [0.4, 0.5) is 5.69 Å². The molecule has 0 bridgehead atoms. The first-order valence-corrected chi connectivity index (χ1v) is 12.1. The second-order valence-corrected chi connectivity index (χ2v) is 8.60. The monoisotopic (exact) mass is 677 g/mol. The van der Waals surface area contributed by atoms with Crippen molar-refractivity contribution in [2.24, 2.45) is 0 Å². The predicted octanol–water partition coefficient (Wildman–Crippen LogP) is -16.9. The van der Waals surface area contributed by atoms with Gasteiger partial charge in [0, 0.05) is 31.7 Å². The summed E-state index contributed by atoms with van der Waals surface area (Å²) in [4.78, 5) is 58.2. The summed E-state index contributed by atoms with van der Waals surface area (Å²) in [6, 6.07) is -1.87. The van der Waals surface area contributed by atoms with Crippen LogP contribution in [0.25, 0.3) is 0 Å². The summed E-state index contributed by atoms with van der Waals surface area (Å²) in [6.07, 6.45) is 0. The van der Waals surface area contributed by atoms with E-state index in [1.807, 2.05) is 0 Å². The molecule has 0 aliphatic rings. The number of hydrogen-bond donors (Lipinski definition) is 0. The van der Waals surface area contributed by atoms with Gasteiger partial charge in [0.1, 0.15) is 0 Å². The van der Waals surface area contributed by atoms with Gasteiger partial charge >= 0.3 is 118 Å². The topological polar surface area (TPSA) is 247 Å². The van der Waals surface area contributed by atoms with E-state index in [1.165, 1.54) is 27.2 Å². The summed E-state index contributed by atoms with van der Waals surface area (Å²) in [5.74, 6) is -6.27. The fraction of sp³-hybridized carbons (Fsp3) is 0.583. The Kier molecular flexibility index (Phi) is 30.9. The molecule has 0 aliphatic heterocycles. The Morgan fingerprint density at radius 1 is 0.778 bits per heavy atom. The van der Waals surface area contributed by atoms with Crippen LogP contribution in [0.5, 0.6) is 11.5 Å². The minimum atomic E-state index is -1.67. The average Bonchev–Trinajstić information content (AvgIpc) is 2.90. The second-order valence-electron chi connectivity index (χ2n) is 8.60. The normalized spacial score (nSPS) is 12.2. The number of rotatable bonds is 21. The number of nitro benzene ring substituents is 1. The van der Waals surface area contributed by atoms with Gasteiger partial charge < -0.3 is 58.6 Å². The van der Waals surface area contributed by atoms with Crippen LogP contribution in [0, 0.1) is 10.1 Å². The zero-order chi connectivity index (χ0) is 31.3. The van der Waals surface area contributed by atoms with E-state index < -0.39 is 72.3 Å². The third-order valence-corrected chi connectivity index (χ3v) is 6.03. The first-order chi connectivity index (χ1) is 19.2. The molecule has 1 aromatic rings. The number of benzene rings is 1. The summed E-state index contributed by atoms with van der Waals surface area (Å²) in [6.45, 7) is -0.217. The molecule has 1 rings (SSSR count). The smallest absolute Gasteiger partial charge is 0.549 e. The van der Waals surface area contributed by atoms with Crippen LogP contribution < -0.4 is 148 Å². The molecule has 0 spiro atoms. The molecule has 0 radical (unpaired) electrons. The van der Waals surface area contributed by atoms with E-state index in [4.69, 9.17) is 18.9 Å². The van der Waals surface area contributed by atoms with Gasteiger partial charge in [-0.15, -0.1) is 0 Å². The molecule has 0 saturated carbocycles. The molecule has 0 aliphatic carbocycles. The summed E-state index contributed by atoms with van der Waals surface area (Å²) in [5.41, 5.74) is -0.673. The number of carboxylic acids is 4. The van der Waals surface area contributed by atoms with Gasteiger partial charge in [-0.05, 0) is 19.9 Å². The van der Waals surface area contributed by atoms with Gasteiger partial charge in [-0.3, -0.25) is 19.9 Å². The van der Waals surface area contributed by atoms with Gasteiger partial charge in [-0.2, -0.15) is 0 Å². The third-order valence-electron chi connectivity index (χ3n) is 6.03. The fourth-order valence-corrected chi connectivity index (χ4v) is 3.80. The summed E-state index contributed by atoms with van der Waals surface area (Å²) in [7, 11) is 2.51. The number of hydrogen-bond acceptors (Lipinski definition) is 16. The number of ether oxygens (including phenoxy) is 4. The van der Waals surface area contributed by atoms with Crippen molar-refractivity contribution in [2.45, 2.75) is 32.0 Å². The zero-order valence-corrected chi connectivity index (χ0v) is 34.9. The average molecular weight is 677 g/mol. The SMILES string of the molecule is COc1cc(C(COCCOCCN(CC(=O)[O-])C(C)C(=O)[O-])N(CC(=O)[O-])C(C)C(=O)[O-])c([N+](=O)[O-])cc1OC.[Na+].[Na+].[Na+].[Na+]. The minimum absolute atomic E-state index is 0. The van der Waals surface area contributed by atoms with Crippen molar-refractivity contribution in [1.82, 2.24) is 9.80 Å². The van der Waals surface area contributed by atoms with Gasteiger partial charge in [0.05, 0.1) is 87.1 Å². The van der Waals surface area contributed by atoms with Gasteiger partial charge in [-0.25, -0.2) is 0 Å². The van der Waals surface area contributed by atoms with Crippen LogP contribution in [0.3, 0.4) is 0 Å². The molecule has 3 unspecified atom stereocenters. The number of carboxylic acid groups (broad SMARTS) is 4. The van der Waals surface area contributed by atoms with Crippen LogP contribution in [0.1, 0.15) is 25.5 Å². The Hall–Kier alpha value is -0.0600. The molecule has 21 heteroatoms. The Morgan fingerprint density at radius 2 is 1.27 bits per heavy atom. The Balaban J connectivity index is -0.00000210. The molecule has 0 N–H and O–H groups in total. The molecule has 0 heterocycles. The van der Waals surface area contributed by atoms with Crippen molar-refractivity contribution in [1.29, 1.82) is 0 Å². The quantitative estimate of drug-likeness (QED) is 0.0507. The van der Waals surface area contributed by atoms with Crippen molar-refractivity contribution in [2.75, 3.05) is 60.3 Å². The molecule has 0 aromatic heterocycles. The van der Waals surface area contributed by atoms with Crippen LogP contribution in [0.15, 0.2) is 12.1 Å². The van der Waals surface area contributed by atoms with Crippen molar-refractivity contribution < 1.29 is 182 Å². The van der Waals surface area contributed by atoms with E-state index in [0.717, 1.165) is 22.8 Å². The summed E-state index contributed by atoms with van der Waals surface area (Å²) in [5, 5.41) is 57.0. The van der Waals surface area contributed by atoms with E-state index in [9.17, 15) is 49.7 Å². The molecule has 230 valence electrons. The number of nitro groups is 1. The van der Waals surface area contributed by atoms with Crippen molar-refractivity contribution in [3.05, 3.63) is 27.8 Å². The fourth-order valence-electron chi connectivity index (χ4n) is 3.80. The van der Waals surface area contributed by atoms with Crippen molar-refractivity contribution in [3.63, 3.8) is 0 Å². The standard InChI is InChI=1S/C24H35N3O14.4Na/c1-14(23(32)33)25(11-21(28)29)5-6-40-7-8-41-13-18(26(12-22(30)31)15(2)24(34)35)16-9-19(38-3)20(39-4)10-17(16)27(36)37;;;;/h9-10,14-15,18H,5-8,11-13H2,1-4H3,(H,28,29)(H,30,31)(H,32,33)(H,34,35);;;;/q;4*+1/p-4. The number of aliphatic carboxylic acids is 4. The van der Waals surface area contributed by atoms with E-state index in [2.05, 4.69) is 0 Å². The third kappa shape index (κ3) is 17.8. The van der Waals surface area contributed by atoms with E-state index in [-0.39, 0.29) is 162 Å². The number of methoxy groups -OCH3 is 2. The molecule has 17 nitrogen and oxygen atoms in total. The summed E-state index contributed by atoms with van der Waals surface area (Å²) >= 11 is 0. The Labute approximate surface area is 348 Å². The van der Waals surface area contributed by atoms with Gasteiger partial charge in [0.15, 0.2) is 11.5 Å². The van der Waals surface area contributed by atoms with Gasteiger partial charge in [0.25, 0.3) is 5.69 Å². The Bertz CT molecular complexity index is 1100. The van der Waals surface area contributed by atoms with Crippen LogP contribution in [0.2, 0.25) is 0 Å². The first kappa shape index (κ1) is 51.8.